The lowest BCUT2D eigenvalue weighted by molar-refractivity contribution is -0.151. The summed E-state index contributed by atoms with van der Waals surface area (Å²) in [6.07, 6.45) is 0. The number of halogens is 1. The van der Waals surface area contributed by atoms with Crippen LogP contribution in [-0.2, 0) is 14.4 Å². The topological polar surface area (TPSA) is 130 Å². The van der Waals surface area contributed by atoms with Crippen molar-refractivity contribution in [1.82, 2.24) is 30.2 Å². The Balaban J connectivity index is 1.46. The van der Waals surface area contributed by atoms with Crippen molar-refractivity contribution < 1.29 is 19.5 Å². The van der Waals surface area contributed by atoms with Crippen LogP contribution in [-0.4, -0.2) is 70.7 Å². The first-order valence-electron chi connectivity index (χ1n) is 9.94. The van der Waals surface area contributed by atoms with Crippen molar-refractivity contribution in [1.29, 1.82) is 0 Å². The Morgan fingerprint density at radius 1 is 1.33 bits per heavy atom. The molecule has 1 fully saturated rings. The van der Waals surface area contributed by atoms with Gasteiger partial charge in [-0.25, -0.2) is 4.79 Å². The van der Waals surface area contributed by atoms with Crippen LogP contribution >= 0.6 is 46.5 Å². The Bertz CT molecular complexity index is 1180. The smallest absolute Gasteiger partial charge is 0.352 e. The summed E-state index contributed by atoms with van der Waals surface area (Å²) in [5.74, 6) is -1.15. The maximum Gasteiger partial charge on any atom is 0.352 e. The molecule has 0 aromatic carbocycles. The number of carbonyl (C=O) groups is 3. The Hall–Kier alpha value is -2.09. The van der Waals surface area contributed by atoms with Crippen LogP contribution < -0.4 is 5.32 Å². The summed E-state index contributed by atoms with van der Waals surface area (Å²) in [7, 11) is 0. The zero-order chi connectivity index (χ0) is 24.0. The van der Waals surface area contributed by atoms with E-state index in [1.807, 2.05) is 6.92 Å². The highest BCUT2D eigenvalue weighted by Gasteiger charge is 2.54. The number of aryl methyl sites for hydroxylation is 2. The average molecular weight is 529 g/mol. The fourth-order valence-corrected chi connectivity index (χ4v) is 7.11. The summed E-state index contributed by atoms with van der Waals surface area (Å²) in [6, 6.07) is -1.48. The molecule has 4 rings (SSSR count). The molecule has 0 spiro atoms. The first kappa shape index (κ1) is 24.0. The Labute approximate surface area is 207 Å². The first-order chi connectivity index (χ1) is 15.6. The zero-order valence-electron chi connectivity index (χ0n) is 18.2. The van der Waals surface area contributed by atoms with Gasteiger partial charge in [-0.2, -0.15) is 5.10 Å². The van der Waals surface area contributed by atoms with Crippen LogP contribution in [0.3, 0.4) is 0 Å². The number of hydrogen-bond donors (Lipinski definition) is 2. The monoisotopic (exact) mass is 528 g/mol. The molecule has 0 saturated carbocycles. The summed E-state index contributed by atoms with van der Waals surface area (Å²) in [5.41, 5.74) is 1.91. The number of aromatic nitrogens is 4. The third kappa shape index (κ3) is 4.38. The molecule has 0 radical (unpaired) electrons. The van der Waals surface area contributed by atoms with Crippen molar-refractivity contribution in [2.75, 3.05) is 11.5 Å². The highest BCUT2D eigenvalue weighted by molar-refractivity contribution is 8.01. The normalized spacial score (nSPS) is 21.0. The van der Waals surface area contributed by atoms with Crippen LogP contribution in [0.25, 0.3) is 0 Å². The lowest BCUT2D eigenvalue weighted by Gasteiger charge is -2.49. The molecule has 4 heterocycles. The van der Waals surface area contributed by atoms with Crippen molar-refractivity contribution in [2.45, 2.75) is 49.5 Å². The van der Waals surface area contributed by atoms with Gasteiger partial charge in [0, 0.05) is 11.5 Å². The SMILES string of the molecule is Cc1nnc(SCC2=C(C(=O)O)N3C(=O)C(NC(=O)C(C)n4nc(C)c(Cl)c4C)C3SC2)s1. The summed E-state index contributed by atoms with van der Waals surface area (Å²) in [5, 5.41) is 25.7. The number of thioether (sulfide) groups is 2. The van der Waals surface area contributed by atoms with E-state index in [1.165, 1.54) is 44.4 Å². The van der Waals surface area contributed by atoms with E-state index in [9.17, 15) is 19.5 Å². The van der Waals surface area contributed by atoms with Crippen LogP contribution in [0.15, 0.2) is 15.6 Å². The summed E-state index contributed by atoms with van der Waals surface area (Å²) >= 11 is 10.4. The number of hydrogen-bond acceptors (Lipinski definition) is 9. The van der Waals surface area contributed by atoms with Crippen LogP contribution in [0.4, 0.5) is 0 Å². The van der Waals surface area contributed by atoms with Gasteiger partial charge in [0.15, 0.2) is 4.34 Å². The molecular weight excluding hydrogens is 508 g/mol. The molecule has 2 aliphatic heterocycles. The predicted molar refractivity (Wildman–Crippen MR) is 126 cm³/mol. The number of β-lactam (4-membered cyclic amide) rings is 1. The first-order valence-corrected chi connectivity index (χ1v) is 13.2. The molecule has 0 aliphatic carbocycles. The van der Waals surface area contributed by atoms with Gasteiger partial charge in [-0.05, 0) is 33.3 Å². The molecule has 3 atom stereocenters. The fraction of sp³-hybridized carbons (Fsp3) is 0.474. The second-order valence-electron chi connectivity index (χ2n) is 7.63. The van der Waals surface area contributed by atoms with Gasteiger partial charge < -0.3 is 10.4 Å². The minimum atomic E-state index is -1.16. The largest absolute Gasteiger partial charge is 0.477 e. The fourth-order valence-electron chi connectivity index (χ4n) is 3.68. The Morgan fingerprint density at radius 2 is 2.06 bits per heavy atom. The summed E-state index contributed by atoms with van der Waals surface area (Å²) in [4.78, 5) is 39.0. The van der Waals surface area contributed by atoms with Crippen LogP contribution in [0.5, 0.6) is 0 Å². The predicted octanol–water partition coefficient (Wildman–Crippen LogP) is 2.41. The minimum Gasteiger partial charge on any atom is -0.477 e. The Kier molecular flexibility index (Phi) is 6.76. The van der Waals surface area contributed by atoms with Gasteiger partial charge in [0.05, 0.1) is 16.4 Å². The number of carboxylic acids is 1. The van der Waals surface area contributed by atoms with Crippen molar-refractivity contribution in [3.05, 3.63) is 32.7 Å². The molecule has 2 N–H and O–H groups in total. The lowest BCUT2D eigenvalue weighted by atomic mass is 10.0. The number of nitrogens with zero attached hydrogens (tertiary/aromatic N) is 5. The van der Waals surface area contributed by atoms with Crippen molar-refractivity contribution in [3.63, 3.8) is 0 Å². The lowest BCUT2D eigenvalue weighted by Crippen LogP contribution is -2.71. The summed E-state index contributed by atoms with van der Waals surface area (Å²) in [6.45, 7) is 7.05. The molecule has 3 unspecified atom stereocenters. The molecule has 176 valence electrons. The van der Waals surface area contributed by atoms with Gasteiger partial charge in [0.25, 0.3) is 5.91 Å². The van der Waals surface area contributed by atoms with E-state index >= 15 is 0 Å². The minimum absolute atomic E-state index is 0.0126. The van der Waals surface area contributed by atoms with Gasteiger partial charge in [-0.15, -0.1) is 22.0 Å². The molecule has 10 nitrogen and oxygen atoms in total. The molecular formula is C19H21ClN6O4S3. The second kappa shape index (κ2) is 9.28. The molecule has 1 saturated heterocycles. The highest BCUT2D eigenvalue weighted by Crippen LogP contribution is 2.42. The van der Waals surface area contributed by atoms with Gasteiger partial charge in [-0.1, -0.05) is 34.7 Å². The maximum absolute atomic E-state index is 12.9. The van der Waals surface area contributed by atoms with Crippen molar-refractivity contribution in [2.24, 2.45) is 0 Å². The van der Waals surface area contributed by atoms with E-state index < -0.39 is 29.3 Å². The van der Waals surface area contributed by atoms with Crippen molar-refractivity contribution >= 4 is 64.2 Å². The molecule has 0 bridgehead atoms. The van der Waals surface area contributed by atoms with E-state index in [1.54, 1.807) is 20.8 Å². The van der Waals surface area contributed by atoms with E-state index in [0.717, 1.165) is 9.35 Å². The molecule has 2 aromatic heterocycles. The van der Waals surface area contributed by atoms with Crippen LogP contribution in [0, 0.1) is 20.8 Å². The van der Waals surface area contributed by atoms with E-state index in [4.69, 9.17) is 11.6 Å². The quantitative estimate of drug-likeness (QED) is 0.411. The molecule has 14 heteroatoms. The van der Waals surface area contributed by atoms with Gasteiger partial charge in [0.1, 0.15) is 28.2 Å². The van der Waals surface area contributed by atoms with Gasteiger partial charge >= 0.3 is 5.97 Å². The third-order valence-electron chi connectivity index (χ3n) is 5.41. The zero-order valence-corrected chi connectivity index (χ0v) is 21.4. The van der Waals surface area contributed by atoms with E-state index in [0.29, 0.717) is 33.5 Å². The number of fused-ring (bicyclic) bond motifs is 1. The average Bonchev–Trinajstić information content (AvgIpc) is 3.31. The standard InChI is InChI=1S/C19H21ClN6O4S3/c1-7-12(20)8(2)26(24-7)9(3)15(27)21-13-16(28)25-14(18(29)30)11(5-31-17(13)25)6-32-19-23-22-10(4)33-19/h9,13,17H,5-6H2,1-4H3,(H,21,27)(H,29,30). The van der Waals surface area contributed by atoms with Gasteiger partial charge in [0.2, 0.25) is 5.91 Å². The molecule has 2 aliphatic rings. The Morgan fingerprint density at radius 3 is 2.64 bits per heavy atom. The summed E-state index contributed by atoms with van der Waals surface area (Å²) < 4.78 is 2.27. The van der Waals surface area contributed by atoms with E-state index in [-0.39, 0.29) is 11.6 Å². The number of rotatable bonds is 7. The van der Waals surface area contributed by atoms with Crippen LogP contribution in [0.2, 0.25) is 5.02 Å². The molecule has 2 aromatic rings. The number of nitrogens with one attached hydrogen (secondary N) is 1. The van der Waals surface area contributed by atoms with Crippen molar-refractivity contribution in [3.8, 4) is 0 Å². The third-order valence-corrected chi connectivity index (χ3v) is 9.35. The maximum atomic E-state index is 12.9. The van der Waals surface area contributed by atoms with Gasteiger partial charge in [-0.3, -0.25) is 19.2 Å². The van der Waals surface area contributed by atoms with E-state index in [2.05, 4.69) is 20.6 Å². The second-order valence-corrected chi connectivity index (χ2v) is 11.5. The number of carbonyl (C=O) groups excluding carboxylic acids is 2. The number of amides is 2. The number of aliphatic carboxylic acids is 1. The molecule has 2 amide bonds. The number of carboxylic acid groups (broad SMARTS) is 1. The highest BCUT2D eigenvalue weighted by atomic mass is 35.5. The van der Waals surface area contributed by atoms with Crippen LogP contribution in [0.1, 0.15) is 29.4 Å². The molecule has 33 heavy (non-hydrogen) atoms.